The number of nitrogens with zero attached hydrogens (tertiary/aromatic N) is 2. The van der Waals surface area contributed by atoms with E-state index in [0.29, 0.717) is 0 Å². The van der Waals surface area contributed by atoms with Crippen LogP contribution < -0.4 is 0 Å². The predicted octanol–water partition coefficient (Wildman–Crippen LogP) is 14.9. The maximum Gasteiger partial charge on any atom is 0.0635 e. The smallest absolute Gasteiger partial charge is 0.0635 e. The van der Waals surface area contributed by atoms with Crippen LogP contribution in [0.15, 0.2) is 225 Å². The van der Waals surface area contributed by atoms with Crippen LogP contribution in [0.2, 0.25) is 0 Å². The van der Waals surface area contributed by atoms with Crippen molar-refractivity contribution in [2.45, 2.75) is 12.3 Å². The van der Waals surface area contributed by atoms with Gasteiger partial charge in [-0.3, -0.25) is 0 Å². The van der Waals surface area contributed by atoms with Crippen molar-refractivity contribution in [1.29, 1.82) is 0 Å². The van der Waals surface area contributed by atoms with Crippen LogP contribution in [0.4, 0.5) is 0 Å². The lowest BCUT2D eigenvalue weighted by molar-refractivity contribution is 0.834. The summed E-state index contributed by atoms with van der Waals surface area (Å²) >= 11 is 0. The van der Waals surface area contributed by atoms with Gasteiger partial charge in [-0.25, -0.2) is 0 Å². The zero-order valence-corrected chi connectivity index (χ0v) is 32.0. The van der Waals surface area contributed by atoms with Crippen LogP contribution in [0, 0.1) is 0 Å². The second kappa shape index (κ2) is 14.3. The van der Waals surface area contributed by atoms with Gasteiger partial charge in [-0.05, 0) is 105 Å². The SMILES string of the molecule is C1=C(c2ccccc2)C=C(n2ccc3c2ccc2c4cc(-c5cc(-c6ccccc6)ccc5-c5ccccc5)ccc4n(-c4ccccc4)c23)CC1c1ccccc1. The Morgan fingerprint density at radius 2 is 1.03 bits per heavy atom. The molecule has 0 N–H and O–H groups in total. The van der Waals surface area contributed by atoms with Gasteiger partial charge < -0.3 is 9.13 Å². The molecule has 8 aromatic carbocycles. The second-order valence-electron chi connectivity index (χ2n) is 15.3. The number of rotatable bonds is 7. The Kier molecular flexibility index (Phi) is 8.33. The summed E-state index contributed by atoms with van der Waals surface area (Å²) in [5.74, 6) is 0.271. The van der Waals surface area contributed by atoms with E-state index in [2.05, 4.69) is 234 Å². The van der Waals surface area contributed by atoms with Crippen molar-refractivity contribution < 1.29 is 0 Å². The molecular formula is C56H40N2. The number of hydrogen-bond donors (Lipinski definition) is 0. The fourth-order valence-electron chi connectivity index (χ4n) is 9.13. The molecule has 0 saturated heterocycles. The highest BCUT2D eigenvalue weighted by Gasteiger charge is 2.23. The summed E-state index contributed by atoms with van der Waals surface area (Å²) in [4.78, 5) is 0. The van der Waals surface area contributed by atoms with Crippen LogP contribution in [-0.4, -0.2) is 9.13 Å². The van der Waals surface area contributed by atoms with Gasteiger partial charge in [0.05, 0.1) is 16.6 Å². The van der Waals surface area contributed by atoms with Gasteiger partial charge in [0.2, 0.25) is 0 Å². The highest BCUT2D eigenvalue weighted by molar-refractivity contribution is 6.19. The lowest BCUT2D eigenvalue weighted by Crippen LogP contribution is -2.07. The molecule has 2 heteroatoms. The van der Waals surface area contributed by atoms with E-state index in [4.69, 9.17) is 0 Å². The van der Waals surface area contributed by atoms with Crippen molar-refractivity contribution in [3.8, 4) is 39.1 Å². The van der Waals surface area contributed by atoms with Crippen molar-refractivity contribution in [3.63, 3.8) is 0 Å². The van der Waals surface area contributed by atoms with Crippen molar-refractivity contribution >= 4 is 44.0 Å². The van der Waals surface area contributed by atoms with Gasteiger partial charge in [0.15, 0.2) is 0 Å². The van der Waals surface area contributed by atoms with E-state index in [9.17, 15) is 0 Å². The Morgan fingerprint density at radius 3 is 1.76 bits per heavy atom. The molecule has 0 amide bonds. The third-order valence-corrected chi connectivity index (χ3v) is 11.9. The molecule has 0 bridgehead atoms. The molecule has 58 heavy (non-hydrogen) atoms. The Hall–Kier alpha value is -7.42. The van der Waals surface area contributed by atoms with E-state index >= 15 is 0 Å². The molecule has 1 aliphatic carbocycles. The van der Waals surface area contributed by atoms with Gasteiger partial charge in [-0.15, -0.1) is 0 Å². The molecule has 2 nitrogen and oxygen atoms in total. The highest BCUT2D eigenvalue weighted by atomic mass is 15.0. The van der Waals surface area contributed by atoms with Crippen LogP contribution >= 0.6 is 0 Å². The van der Waals surface area contributed by atoms with Crippen LogP contribution in [0.5, 0.6) is 0 Å². The van der Waals surface area contributed by atoms with Gasteiger partial charge in [0.1, 0.15) is 0 Å². The highest BCUT2D eigenvalue weighted by Crippen LogP contribution is 2.43. The molecular weight excluding hydrogens is 701 g/mol. The largest absolute Gasteiger partial charge is 0.320 e. The van der Waals surface area contributed by atoms with E-state index in [0.717, 1.165) is 12.1 Å². The average molecular weight is 741 g/mol. The predicted molar refractivity (Wildman–Crippen MR) is 245 cm³/mol. The summed E-state index contributed by atoms with van der Waals surface area (Å²) in [5.41, 5.74) is 17.2. The minimum atomic E-state index is 0.271. The zero-order chi connectivity index (χ0) is 38.4. The molecule has 2 aromatic heterocycles. The van der Waals surface area contributed by atoms with Crippen molar-refractivity contribution in [1.82, 2.24) is 9.13 Å². The van der Waals surface area contributed by atoms with Gasteiger partial charge in [0, 0.05) is 39.7 Å². The first-order valence-corrected chi connectivity index (χ1v) is 20.2. The van der Waals surface area contributed by atoms with E-state index in [-0.39, 0.29) is 5.92 Å². The van der Waals surface area contributed by atoms with Crippen LogP contribution in [0.1, 0.15) is 23.5 Å². The lowest BCUT2D eigenvalue weighted by Gasteiger charge is -2.24. The number of allylic oxidation sites excluding steroid dienone is 4. The molecule has 0 radical (unpaired) electrons. The molecule has 10 aromatic rings. The summed E-state index contributed by atoms with van der Waals surface area (Å²) < 4.78 is 4.90. The monoisotopic (exact) mass is 740 g/mol. The lowest BCUT2D eigenvalue weighted by atomic mass is 9.85. The Labute approximate surface area is 338 Å². The third-order valence-electron chi connectivity index (χ3n) is 11.9. The number of fused-ring (bicyclic) bond motifs is 5. The first-order valence-electron chi connectivity index (χ1n) is 20.2. The second-order valence-corrected chi connectivity index (χ2v) is 15.3. The molecule has 0 aliphatic heterocycles. The standard InChI is InChI=1S/C56H40N2/c1-6-16-39(17-7-1)43-26-28-49(42-22-12-4-13-23-42)52(37-43)44-27-30-55-53(38-44)50-29-31-54-51(56(50)58(55)47-24-14-5-15-25-47)32-33-57(54)48-35-45(40-18-8-2-9-19-40)34-46(36-48)41-20-10-3-11-21-41/h1-35,37-38,46H,36H2. The fourth-order valence-corrected chi connectivity index (χ4v) is 9.13. The summed E-state index contributed by atoms with van der Waals surface area (Å²) in [6.45, 7) is 0. The Bertz CT molecular complexity index is 3150. The zero-order valence-electron chi connectivity index (χ0n) is 32.0. The van der Waals surface area contributed by atoms with E-state index in [1.807, 2.05) is 0 Å². The molecule has 2 heterocycles. The third kappa shape index (κ3) is 5.90. The maximum absolute atomic E-state index is 2.47. The molecule has 1 atom stereocenters. The number of hydrogen-bond acceptors (Lipinski definition) is 0. The van der Waals surface area contributed by atoms with Gasteiger partial charge in [-0.2, -0.15) is 0 Å². The Balaban J connectivity index is 1.11. The van der Waals surface area contributed by atoms with Crippen LogP contribution in [0.3, 0.4) is 0 Å². The molecule has 0 fully saturated rings. The summed E-state index contributed by atoms with van der Waals surface area (Å²) in [6.07, 6.45) is 8.04. The molecule has 0 saturated carbocycles. The quantitative estimate of drug-likeness (QED) is 0.154. The molecule has 1 aliphatic rings. The molecule has 1 unspecified atom stereocenters. The molecule has 11 rings (SSSR count). The normalized spacial score (nSPS) is 14.2. The topological polar surface area (TPSA) is 9.86 Å². The summed E-state index contributed by atoms with van der Waals surface area (Å²) in [7, 11) is 0. The summed E-state index contributed by atoms with van der Waals surface area (Å²) in [5, 5.41) is 3.73. The van der Waals surface area contributed by atoms with Gasteiger partial charge in [0.25, 0.3) is 0 Å². The minimum Gasteiger partial charge on any atom is -0.320 e. The fraction of sp³-hybridized carbons (Fsp3) is 0.0357. The van der Waals surface area contributed by atoms with E-state index in [1.165, 1.54) is 88.5 Å². The van der Waals surface area contributed by atoms with Gasteiger partial charge in [-0.1, -0.05) is 170 Å². The van der Waals surface area contributed by atoms with Gasteiger partial charge >= 0.3 is 0 Å². The first kappa shape index (κ1) is 33.9. The maximum atomic E-state index is 2.47. The minimum absolute atomic E-state index is 0.271. The van der Waals surface area contributed by atoms with Crippen molar-refractivity contribution in [3.05, 3.63) is 236 Å². The number of aromatic nitrogens is 2. The first-order chi connectivity index (χ1) is 28.8. The van der Waals surface area contributed by atoms with Crippen molar-refractivity contribution in [2.24, 2.45) is 0 Å². The average Bonchev–Trinajstić information content (AvgIpc) is 3.89. The Morgan fingerprint density at radius 1 is 0.414 bits per heavy atom. The van der Waals surface area contributed by atoms with Crippen molar-refractivity contribution in [2.75, 3.05) is 0 Å². The van der Waals surface area contributed by atoms with Crippen LogP contribution in [0.25, 0.3) is 83.0 Å². The van der Waals surface area contributed by atoms with E-state index < -0.39 is 0 Å². The molecule has 0 spiro atoms. The molecule has 274 valence electrons. The van der Waals surface area contributed by atoms with E-state index in [1.54, 1.807) is 0 Å². The number of para-hydroxylation sites is 1. The number of benzene rings is 8. The van der Waals surface area contributed by atoms with Crippen LogP contribution in [-0.2, 0) is 0 Å². The summed E-state index contributed by atoms with van der Waals surface area (Å²) in [6, 6.07) is 75.0.